The number of Topliss-reactive ketones (excluding diaryl/α,β-unsaturated/α-hetero) is 1. The fraction of sp³-hybridized carbons (Fsp3) is 0.125. The van der Waals surface area contributed by atoms with Gasteiger partial charge in [0.1, 0.15) is 0 Å². The maximum Gasteiger partial charge on any atom is 0.168 e. The second kappa shape index (κ2) is 5.69. The van der Waals surface area contributed by atoms with Crippen LogP contribution < -0.4 is 0 Å². The van der Waals surface area contributed by atoms with Crippen molar-refractivity contribution in [1.82, 2.24) is 0 Å². The molecule has 2 heteroatoms. The highest BCUT2D eigenvalue weighted by atomic mass is 32.1. The SMILES string of the molecule is Cc1ccc(C(=O)CC(=S)c2ccccc2)cc1. The molecule has 0 heterocycles. The third kappa shape index (κ3) is 3.11. The lowest BCUT2D eigenvalue weighted by Crippen LogP contribution is -2.07. The van der Waals surface area contributed by atoms with E-state index in [9.17, 15) is 4.79 Å². The van der Waals surface area contributed by atoms with Gasteiger partial charge in [-0.25, -0.2) is 0 Å². The fourth-order valence-corrected chi connectivity index (χ4v) is 1.98. The van der Waals surface area contributed by atoms with E-state index in [1.165, 1.54) is 0 Å². The van der Waals surface area contributed by atoms with E-state index in [1.54, 1.807) is 0 Å². The Labute approximate surface area is 112 Å². The summed E-state index contributed by atoms with van der Waals surface area (Å²) in [5.74, 6) is 0.0730. The number of benzene rings is 2. The molecule has 18 heavy (non-hydrogen) atoms. The predicted molar refractivity (Wildman–Crippen MR) is 78.3 cm³/mol. The molecule has 0 saturated heterocycles. The molecule has 0 spiro atoms. The van der Waals surface area contributed by atoms with Gasteiger partial charge in [-0.15, -0.1) is 0 Å². The summed E-state index contributed by atoms with van der Waals surface area (Å²) in [4.78, 5) is 12.7. The topological polar surface area (TPSA) is 17.1 Å². The second-order valence-electron chi connectivity index (χ2n) is 4.26. The zero-order valence-corrected chi connectivity index (χ0v) is 11.0. The summed E-state index contributed by atoms with van der Waals surface area (Å²) in [6, 6.07) is 17.3. The van der Waals surface area contributed by atoms with Crippen LogP contribution in [-0.2, 0) is 0 Å². The summed E-state index contributed by atoms with van der Waals surface area (Å²) >= 11 is 5.30. The first kappa shape index (κ1) is 12.7. The summed E-state index contributed by atoms with van der Waals surface area (Å²) in [6.45, 7) is 2.00. The quantitative estimate of drug-likeness (QED) is 0.606. The molecule has 0 bridgehead atoms. The molecule has 0 unspecified atom stereocenters. The van der Waals surface area contributed by atoms with Gasteiger partial charge < -0.3 is 0 Å². The first-order valence-electron chi connectivity index (χ1n) is 5.85. The Hall–Kier alpha value is -1.80. The number of rotatable bonds is 4. The standard InChI is InChI=1S/C16H14OS/c1-12-7-9-13(10-8-12)15(17)11-16(18)14-5-3-2-4-6-14/h2-10H,11H2,1H3. The maximum atomic E-state index is 12.1. The molecule has 0 amide bonds. The molecule has 0 aliphatic heterocycles. The monoisotopic (exact) mass is 254 g/mol. The van der Waals surface area contributed by atoms with Gasteiger partial charge in [0.2, 0.25) is 0 Å². The summed E-state index contributed by atoms with van der Waals surface area (Å²) in [5.41, 5.74) is 2.82. The van der Waals surface area contributed by atoms with Crippen molar-refractivity contribution in [2.45, 2.75) is 13.3 Å². The third-order valence-electron chi connectivity index (χ3n) is 2.79. The minimum Gasteiger partial charge on any atom is -0.294 e. The Morgan fingerprint density at radius 3 is 2.17 bits per heavy atom. The average Bonchev–Trinajstić information content (AvgIpc) is 2.40. The van der Waals surface area contributed by atoms with Crippen LogP contribution in [-0.4, -0.2) is 10.6 Å². The smallest absolute Gasteiger partial charge is 0.168 e. The Kier molecular flexibility index (Phi) is 4.00. The van der Waals surface area contributed by atoms with Crippen LogP contribution in [0.1, 0.15) is 27.9 Å². The van der Waals surface area contributed by atoms with E-state index in [1.807, 2.05) is 61.5 Å². The lowest BCUT2D eigenvalue weighted by molar-refractivity contribution is 0.100. The van der Waals surface area contributed by atoms with Crippen molar-refractivity contribution in [2.75, 3.05) is 0 Å². The molecule has 0 aliphatic rings. The number of carbonyl (C=O) groups is 1. The van der Waals surface area contributed by atoms with E-state index in [0.29, 0.717) is 11.3 Å². The van der Waals surface area contributed by atoms with Gasteiger partial charge in [0.25, 0.3) is 0 Å². The molecule has 0 aromatic heterocycles. The summed E-state index contributed by atoms with van der Waals surface area (Å²) in [7, 11) is 0. The van der Waals surface area contributed by atoms with Crippen LogP contribution >= 0.6 is 12.2 Å². The molecule has 0 saturated carbocycles. The van der Waals surface area contributed by atoms with Crippen molar-refractivity contribution in [3.63, 3.8) is 0 Å². The van der Waals surface area contributed by atoms with Gasteiger partial charge >= 0.3 is 0 Å². The lowest BCUT2D eigenvalue weighted by atomic mass is 10.0. The molecule has 0 N–H and O–H groups in total. The first-order chi connectivity index (χ1) is 8.66. The number of ketones is 1. The molecular weight excluding hydrogens is 240 g/mol. The van der Waals surface area contributed by atoms with Gasteiger partial charge in [0, 0.05) is 16.8 Å². The van der Waals surface area contributed by atoms with Gasteiger partial charge in [-0.2, -0.15) is 0 Å². The molecule has 90 valence electrons. The second-order valence-corrected chi connectivity index (χ2v) is 4.75. The van der Waals surface area contributed by atoms with E-state index >= 15 is 0 Å². The molecular formula is C16H14OS. The van der Waals surface area contributed by atoms with E-state index < -0.39 is 0 Å². The minimum atomic E-state index is 0.0730. The van der Waals surface area contributed by atoms with E-state index in [4.69, 9.17) is 12.2 Å². The van der Waals surface area contributed by atoms with Crippen molar-refractivity contribution in [3.05, 3.63) is 71.3 Å². The van der Waals surface area contributed by atoms with Crippen molar-refractivity contribution in [1.29, 1.82) is 0 Å². The highest BCUT2D eigenvalue weighted by Gasteiger charge is 2.09. The lowest BCUT2D eigenvalue weighted by Gasteiger charge is -2.04. The average molecular weight is 254 g/mol. The van der Waals surface area contributed by atoms with Crippen LogP contribution in [0.15, 0.2) is 54.6 Å². The molecule has 0 radical (unpaired) electrons. The Morgan fingerprint density at radius 1 is 0.944 bits per heavy atom. The van der Waals surface area contributed by atoms with E-state index in [2.05, 4.69) is 0 Å². The normalized spacial score (nSPS) is 10.1. The van der Waals surface area contributed by atoms with Gasteiger partial charge in [-0.1, -0.05) is 72.4 Å². The van der Waals surface area contributed by atoms with E-state index in [0.717, 1.165) is 16.7 Å². The predicted octanol–water partition coefficient (Wildman–Crippen LogP) is 3.99. The van der Waals surface area contributed by atoms with Crippen molar-refractivity contribution < 1.29 is 4.79 Å². The van der Waals surface area contributed by atoms with Crippen LogP contribution in [0.2, 0.25) is 0 Å². The van der Waals surface area contributed by atoms with Crippen LogP contribution in [0, 0.1) is 6.92 Å². The van der Waals surface area contributed by atoms with Gasteiger partial charge in [0.05, 0.1) is 0 Å². The summed E-state index contributed by atoms with van der Waals surface area (Å²) in [5, 5.41) is 0. The van der Waals surface area contributed by atoms with Crippen molar-refractivity contribution in [3.8, 4) is 0 Å². The largest absolute Gasteiger partial charge is 0.294 e. The molecule has 2 rings (SSSR count). The van der Waals surface area contributed by atoms with Gasteiger partial charge in [-0.3, -0.25) is 4.79 Å². The Balaban J connectivity index is 2.08. The van der Waals surface area contributed by atoms with Gasteiger partial charge in [-0.05, 0) is 12.5 Å². The number of hydrogen-bond donors (Lipinski definition) is 0. The van der Waals surface area contributed by atoms with Gasteiger partial charge in [0.15, 0.2) is 5.78 Å². The molecule has 2 aromatic carbocycles. The summed E-state index contributed by atoms with van der Waals surface area (Å²) in [6.07, 6.45) is 0.294. The van der Waals surface area contributed by atoms with Crippen LogP contribution in [0.5, 0.6) is 0 Å². The molecule has 0 fully saturated rings. The highest BCUT2D eigenvalue weighted by molar-refractivity contribution is 7.80. The van der Waals surface area contributed by atoms with Crippen LogP contribution in [0.3, 0.4) is 0 Å². The number of carbonyl (C=O) groups excluding carboxylic acids is 1. The maximum absolute atomic E-state index is 12.1. The number of hydrogen-bond acceptors (Lipinski definition) is 2. The molecule has 2 aromatic rings. The molecule has 0 aliphatic carbocycles. The van der Waals surface area contributed by atoms with Crippen molar-refractivity contribution >= 4 is 22.9 Å². The third-order valence-corrected chi connectivity index (χ3v) is 3.17. The Morgan fingerprint density at radius 2 is 1.56 bits per heavy atom. The Bertz CT molecular complexity index is 555. The first-order valence-corrected chi connectivity index (χ1v) is 6.26. The highest BCUT2D eigenvalue weighted by Crippen LogP contribution is 2.10. The van der Waals surface area contributed by atoms with E-state index in [-0.39, 0.29) is 5.78 Å². The zero-order valence-electron chi connectivity index (χ0n) is 10.2. The molecule has 0 atom stereocenters. The molecule has 1 nitrogen and oxygen atoms in total. The summed E-state index contributed by atoms with van der Waals surface area (Å²) < 4.78 is 0. The number of aryl methyl sites for hydroxylation is 1. The van der Waals surface area contributed by atoms with Crippen LogP contribution in [0.25, 0.3) is 0 Å². The van der Waals surface area contributed by atoms with Crippen molar-refractivity contribution in [2.24, 2.45) is 0 Å². The zero-order chi connectivity index (χ0) is 13.0. The van der Waals surface area contributed by atoms with Crippen LogP contribution in [0.4, 0.5) is 0 Å². The minimum absolute atomic E-state index is 0.0730. The fourth-order valence-electron chi connectivity index (χ4n) is 1.71. The number of thiocarbonyl (C=S) groups is 1.